The monoisotopic (exact) mass is 308 g/mol. The Hall–Kier alpha value is -1.98. The zero-order valence-electron chi connectivity index (χ0n) is 13.8. The van der Waals surface area contributed by atoms with Gasteiger partial charge in [0.1, 0.15) is 12.3 Å². The molecule has 0 saturated heterocycles. The molecule has 0 aliphatic rings. The normalized spacial score (nSPS) is 13.0. The summed E-state index contributed by atoms with van der Waals surface area (Å²) in [6.07, 6.45) is 4.80. The van der Waals surface area contributed by atoms with Gasteiger partial charge in [-0.25, -0.2) is 4.99 Å². The SMILES string of the molecule is CCCCCC(C)NC(=NCc1ccc(C(N)=O)o1)NCC. The summed E-state index contributed by atoms with van der Waals surface area (Å²) in [6, 6.07) is 3.65. The molecule has 0 spiro atoms. The molecule has 1 unspecified atom stereocenters. The maximum absolute atomic E-state index is 11.0. The number of hydrogen-bond acceptors (Lipinski definition) is 3. The Bertz CT molecular complexity index is 482. The van der Waals surface area contributed by atoms with E-state index in [1.165, 1.54) is 19.3 Å². The first-order valence-corrected chi connectivity index (χ1v) is 8.00. The van der Waals surface area contributed by atoms with Crippen molar-refractivity contribution >= 4 is 11.9 Å². The van der Waals surface area contributed by atoms with Crippen molar-refractivity contribution in [3.05, 3.63) is 23.7 Å². The molecule has 0 aromatic carbocycles. The fourth-order valence-corrected chi connectivity index (χ4v) is 2.08. The molecule has 1 aromatic rings. The van der Waals surface area contributed by atoms with Gasteiger partial charge in [0.15, 0.2) is 11.7 Å². The Morgan fingerprint density at radius 2 is 2.14 bits per heavy atom. The molecule has 4 N–H and O–H groups in total. The third-order valence-electron chi connectivity index (χ3n) is 3.27. The lowest BCUT2D eigenvalue weighted by atomic mass is 10.1. The molecule has 0 fully saturated rings. The van der Waals surface area contributed by atoms with Crippen LogP contribution in [0.25, 0.3) is 0 Å². The van der Waals surface area contributed by atoms with Gasteiger partial charge in [0, 0.05) is 12.6 Å². The number of hydrogen-bond donors (Lipinski definition) is 3. The Labute approximate surface area is 132 Å². The van der Waals surface area contributed by atoms with Crippen LogP contribution in [0.4, 0.5) is 0 Å². The molecule has 6 heteroatoms. The van der Waals surface area contributed by atoms with Crippen molar-refractivity contribution in [2.45, 2.75) is 59.0 Å². The van der Waals surface area contributed by atoms with Crippen LogP contribution in [0.2, 0.25) is 0 Å². The van der Waals surface area contributed by atoms with E-state index in [2.05, 4.69) is 29.5 Å². The molecular weight excluding hydrogens is 280 g/mol. The fraction of sp³-hybridized carbons (Fsp3) is 0.625. The van der Waals surface area contributed by atoms with Gasteiger partial charge in [-0.3, -0.25) is 4.79 Å². The Balaban J connectivity index is 2.54. The van der Waals surface area contributed by atoms with E-state index >= 15 is 0 Å². The molecule has 1 aromatic heterocycles. The van der Waals surface area contributed by atoms with Crippen LogP contribution in [0.15, 0.2) is 21.5 Å². The number of nitrogens with one attached hydrogen (secondary N) is 2. The summed E-state index contributed by atoms with van der Waals surface area (Å²) in [5, 5.41) is 6.59. The van der Waals surface area contributed by atoms with E-state index in [1.807, 2.05) is 6.92 Å². The molecule has 0 bridgehead atoms. The number of aliphatic imine (C=N–C) groups is 1. The predicted octanol–water partition coefficient (Wildman–Crippen LogP) is 2.40. The minimum absolute atomic E-state index is 0.163. The van der Waals surface area contributed by atoms with Crippen LogP contribution in [0.3, 0.4) is 0 Å². The van der Waals surface area contributed by atoms with Crippen LogP contribution in [0.5, 0.6) is 0 Å². The number of primary amides is 1. The summed E-state index contributed by atoms with van der Waals surface area (Å²) in [5.41, 5.74) is 5.16. The smallest absolute Gasteiger partial charge is 0.284 e. The predicted molar refractivity (Wildman–Crippen MR) is 88.8 cm³/mol. The van der Waals surface area contributed by atoms with Crippen molar-refractivity contribution in [2.24, 2.45) is 10.7 Å². The van der Waals surface area contributed by atoms with E-state index < -0.39 is 5.91 Å². The summed E-state index contributed by atoms with van der Waals surface area (Å²) < 4.78 is 5.32. The number of carbonyl (C=O) groups is 1. The van der Waals surface area contributed by atoms with Gasteiger partial charge in [0.2, 0.25) is 0 Å². The van der Waals surface area contributed by atoms with Gasteiger partial charge in [-0.15, -0.1) is 0 Å². The third kappa shape index (κ3) is 6.65. The Kier molecular flexibility index (Phi) is 8.10. The van der Waals surface area contributed by atoms with Crippen molar-refractivity contribution in [3.8, 4) is 0 Å². The van der Waals surface area contributed by atoms with Crippen molar-refractivity contribution < 1.29 is 9.21 Å². The lowest BCUT2D eigenvalue weighted by Gasteiger charge is -2.17. The number of furan rings is 1. The molecule has 1 heterocycles. The zero-order valence-corrected chi connectivity index (χ0v) is 13.8. The van der Waals surface area contributed by atoms with Crippen LogP contribution in [-0.4, -0.2) is 24.5 Å². The molecule has 0 radical (unpaired) electrons. The molecule has 0 saturated carbocycles. The highest BCUT2D eigenvalue weighted by Crippen LogP contribution is 2.08. The number of nitrogens with zero attached hydrogens (tertiary/aromatic N) is 1. The van der Waals surface area contributed by atoms with Crippen LogP contribution in [-0.2, 0) is 6.54 Å². The zero-order chi connectivity index (χ0) is 16.4. The molecule has 124 valence electrons. The van der Waals surface area contributed by atoms with E-state index in [0.717, 1.165) is 18.9 Å². The maximum atomic E-state index is 11.0. The Morgan fingerprint density at radius 3 is 2.73 bits per heavy atom. The summed E-state index contributed by atoms with van der Waals surface area (Å²) in [7, 11) is 0. The quantitative estimate of drug-likeness (QED) is 0.371. The van der Waals surface area contributed by atoms with E-state index in [0.29, 0.717) is 18.3 Å². The van der Waals surface area contributed by atoms with E-state index in [1.54, 1.807) is 12.1 Å². The minimum Gasteiger partial charge on any atom is -0.454 e. The summed E-state index contributed by atoms with van der Waals surface area (Å²) in [4.78, 5) is 15.5. The van der Waals surface area contributed by atoms with E-state index in [-0.39, 0.29) is 5.76 Å². The van der Waals surface area contributed by atoms with Gasteiger partial charge in [-0.2, -0.15) is 0 Å². The lowest BCUT2D eigenvalue weighted by molar-refractivity contribution is 0.0972. The molecule has 6 nitrogen and oxygen atoms in total. The fourth-order valence-electron chi connectivity index (χ4n) is 2.08. The summed E-state index contributed by atoms with van der Waals surface area (Å²) in [5.74, 6) is 0.967. The topological polar surface area (TPSA) is 92.6 Å². The average Bonchev–Trinajstić information content (AvgIpc) is 2.94. The standard InChI is InChI=1S/C16H28N4O2/c1-4-6-7-8-12(3)20-16(18-5-2)19-11-13-9-10-14(22-13)15(17)21/h9-10,12H,4-8,11H2,1-3H3,(H2,17,21)(H2,18,19,20). The van der Waals surface area contributed by atoms with Crippen molar-refractivity contribution in [2.75, 3.05) is 6.54 Å². The second kappa shape index (κ2) is 9.87. The maximum Gasteiger partial charge on any atom is 0.284 e. The first-order valence-electron chi connectivity index (χ1n) is 8.00. The van der Waals surface area contributed by atoms with Gasteiger partial charge >= 0.3 is 0 Å². The van der Waals surface area contributed by atoms with Crippen LogP contribution in [0.1, 0.15) is 62.8 Å². The summed E-state index contributed by atoms with van der Waals surface area (Å²) in [6.45, 7) is 7.54. The van der Waals surface area contributed by atoms with Gasteiger partial charge < -0.3 is 20.8 Å². The number of carbonyl (C=O) groups excluding carboxylic acids is 1. The molecule has 1 atom stereocenters. The number of unbranched alkanes of at least 4 members (excludes halogenated alkanes) is 2. The molecule has 22 heavy (non-hydrogen) atoms. The summed E-state index contributed by atoms with van der Waals surface area (Å²) >= 11 is 0. The Morgan fingerprint density at radius 1 is 1.36 bits per heavy atom. The first-order chi connectivity index (χ1) is 10.6. The van der Waals surface area contributed by atoms with Crippen molar-refractivity contribution in [3.63, 3.8) is 0 Å². The average molecular weight is 308 g/mol. The lowest BCUT2D eigenvalue weighted by Crippen LogP contribution is -2.42. The minimum atomic E-state index is -0.565. The van der Waals surface area contributed by atoms with Crippen molar-refractivity contribution in [1.82, 2.24) is 10.6 Å². The van der Waals surface area contributed by atoms with E-state index in [9.17, 15) is 4.79 Å². The molecule has 1 amide bonds. The largest absolute Gasteiger partial charge is 0.454 e. The van der Waals surface area contributed by atoms with Gasteiger partial charge in [-0.05, 0) is 32.4 Å². The highest BCUT2D eigenvalue weighted by molar-refractivity contribution is 5.89. The second-order valence-corrected chi connectivity index (χ2v) is 5.37. The van der Waals surface area contributed by atoms with Crippen molar-refractivity contribution in [1.29, 1.82) is 0 Å². The highest BCUT2D eigenvalue weighted by atomic mass is 16.3. The number of nitrogens with two attached hydrogens (primary N) is 1. The number of guanidine groups is 1. The molecule has 1 rings (SSSR count). The second-order valence-electron chi connectivity index (χ2n) is 5.37. The van der Waals surface area contributed by atoms with Crippen LogP contribution >= 0.6 is 0 Å². The first kappa shape index (κ1) is 18.1. The third-order valence-corrected chi connectivity index (χ3v) is 3.27. The molecule has 0 aliphatic carbocycles. The van der Waals surface area contributed by atoms with Gasteiger partial charge in [-0.1, -0.05) is 26.2 Å². The van der Waals surface area contributed by atoms with E-state index in [4.69, 9.17) is 10.2 Å². The van der Waals surface area contributed by atoms with Crippen LogP contribution < -0.4 is 16.4 Å². The highest BCUT2D eigenvalue weighted by Gasteiger charge is 2.08. The molecule has 0 aliphatic heterocycles. The van der Waals surface area contributed by atoms with Crippen LogP contribution in [0, 0.1) is 0 Å². The van der Waals surface area contributed by atoms with Gasteiger partial charge in [0.25, 0.3) is 5.91 Å². The molecular formula is C16H28N4O2. The van der Waals surface area contributed by atoms with Gasteiger partial charge in [0.05, 0.1) is 0 Å². The number of amides is 1. The number of rotatable bonds is 9.